The minimum absolute atomic E-state index is 0. The smallest absolute Gasteiger partial charge is 0.169 e. The van der Waals surface area contributed by atoms with Crippen molar-refractivity contribution < 1.29 is 4.74 Å². The third-order valence-corrected chi connectivity index (χ3v) is 2.00. The van der Waals surface area contributed by atoms with Crippen LogP contribution >= 0.6 is 12.4 Å². The molecule has 1 aromatic carbocycles. The first-order chi connectivity index (χ1) is 7.47. The van der Waals surface area contributed by atoms with E-state index in [0.717, 1.165) is 18.7 Å². The zero-order valence-corrected chi connectivity index (χ0v) is 9.56. The molecule has 0 amide bonds. The molecule has 0 saturated carbocycles. The molecule has 0 aliphatic carbocycles. The molecule has 0 spiro atoms. The SMILES string of the molecule is C1=NCCO1.Cl.c1ccc2ncccc2c1. The van der Waals surface area contributed by atoms with Crippen LogP contribution in [0.15, 0.2) is 47.6 Å². The molecule has 0 saturated heterocycles. The fraction of sp³-hybridized carbons (Fsp3) is 0.167. The normalized spacial score (nSPS) is 12.2. The summed E-state index contributed by atoms with van der Waals surface area (Å²) >= 11 is 0. The summed E-state index contributed by atoms with van der Waals surface area (Å²) in [6, 6.07) is 12.1. The van der Waals surface area contributed by atoms with Gasteiger partial charge in [0.15, 0.2) is 6.40 Å². The molecular formula is C12H13ClN2O. The van der Waals surface area contributed by atoms with Crippen molar-refractivity contribution in [3.8, 4) is 0 Å². The average molecular weight is 237 g/mol. The van der Waals surface area contributed by atoms with Crippen LogP contribution in [0, 0.1) is 0 Å². The average Bonchev–Trinajstić information content (AvgIpc) is 2.88. The van der Waals surface area contributed by atoms with Gasteiger partial charge in [0.05, 0.1) is 12.1 Å². The van der Waals surface area contributed by atoms with E-state index in [1.54, 1.807) is 0 Å². The maximum absolute atomic E-state index is 4.65. The largest absolute Gasteiger partial charge is 0.482 e. The van der Waals surface area contributed by atoms with E-state index >= 15 is 0 Å². The van der Waals surface area contributed by atoms with Crippen molar-refractivity contribution >= 4 is 29.7 Å². The number of hydrogen-bond acceptors (Lipinski definition) is 3. The molecule has 2 aromatic rings. The van der Waals surface area contributed by atoms with Crippen molar-refractivity contribution in [2.24, 2.45) is 4.99 Å². The molecule has 4 heteroatoms. The van der Waals surface area contributed by atoms with Gasteiger partial charge in [0.25, 0.3) is 0 Å². The zero-order valence-electron chi connectivity index (χ0n) is 8.74. The number of aromatic nitrogens is 1. The van der Waals surface area contributed by atoms with E-state index in [2.05, 4.69) is 26.8 Å². The number of fused-ring (bicyclic) bond motifs is 1. The number of benzene rings is 1. The molecule has 1 aliphatic heterocycles. The predicted octanol–water partition coefficient (Wildman–Crippen LogP) is 2.70. The van der Waals surface area contributed by atoms with E-state index in [4.69, 9.17) is 0 Å². The van der Waals surface area contributed by atoms with E-state index in [1.807, 2.05) is 30.5 Å². The van der Waals surface area contributed by atoms with E-state index in [-0.39, 0.29) is 12.4 Å². The lowest BCUT2D eigenvalue weighted by molar-refractivity contribution is 0.361. The summed E-state index contributed by atoms with van der Waals surface area (Å²) in [7, 11) is 0. The highest BCUT2D eigenvalue weighted by atomic mass is 35.5. The van der Waals surface area contributed by atoms with Gasteiger partial charge >= 0.3 is 0 Å². The molecule has 16 heavy (non-hydrogen) atoms. The molecule has 3 nitrogen and oxygen atoms in total. The number of para-hydroxylation sites is 1. The van der Waals surface area contributed by atoms with Crippen LogP contribution in [-0.4, -0.2) is 24.5 Å². The Morgan fingerprint density at radius 1 is 1.06 bits per heavy atom. The molecular weight excluding hydrogens is 224 g/mol. The number of pyridine rings is 1. The van der Waals surface area contributed by atoms with Gasteiger partial charge in [-0.25, -0.2) is 0 Å². The fourth-order valence-electron chi connectivity index (χ4n) is 1.28. The molecule has 0 atom stereocenters. The Morgan fingerprint density at radius 2 is 1.88 bits per heavy atom. The molecule has 3 rings (SSSR count). The minimum Gasteiger partial charge on any atom is -0.482 e. The highest BCUT2D eigenvalue weighted by Gasteiger charge is 1.86. The first-order valence-corrected chi connectivity index (χ1v) is 4.86. The third kappa shape index (κ3) is 3.51. The topological polar surface area (TPSA) is 34.5 Å². The molecule has 0 unspecified atom stereocenters. The summed E-state index contributed by atoms with van der Waals surface area (Å²) in [6.07, 6.45) is 3.29. The van der Waals surface area contributed by atoms with Gasteiger partial charge in [0, 0.05) is 11.6 Å². The highest BCUT2D eigenvalue weighted by Crippen LogP contribution is 2.07. The van der Waals surface area contributed by atoms with Crippen molar-refractivity contribution in [3.05, 3.63) is 42.6 Å². The van der Waals surface area contributed by atoms with Crippen LogP contribution < -0.4 is 0 Å². The Kier molecular flexibility index (Phi) is 5.29. The Bertz CT molecular complexity index is 388. The van der Waals surface area contributed by atoms with E-state index in [0.29, 0.717) is 0 Å². The summed E-state index contributed by atoms with van der Waals surface area (Å²) in [5.41, 5.74) is 1.06. The van der Waals surface area contributed by atoms with E-state index < -0.39 is 0 Å². The number of nitrogens with zero attached hydrogens (tertiary/aromatic N) is 2. The molecule has 0 bridgehead atoms. The van der Waals surface area contributed by atoms with Gasteiger partial charge in [-0.2, -0.15) is 0 Å². The van der Waals surface area contributed by atoms with Gasteiger partial charge in [0.2, 0.25) is 0 Å². The Hall–Kier alpha value is -1.61. The van der Waals surface area contributed by atoms with Crippen molar-refractivity contribution in [1.82, 2.24) is 4.98 Å². The molecule has 2 heterocycles. The van der Waals surface area contributed by atoms with Crippen molar-refractivity contribution in [3.63, 3.8) is 0 Å². The van der Waals surface area contributed by atoms with Gasteiger partial charge in [-0.1, -0.05) is 24.3 Å². The van der Waals surface area contributed by atoms with Crippen molar-refractivity contribution in [2.45, 2.75) is 0 Å². The first-order valence-electron chi connectivity index (χ1n) is 4.86. The second-order valence-electron chi connectivity index (χ2n) is 3.08. The number of aliphatic imine (C=N–C) groups is 1. The summed E-state index contributed by atoms with van der Waals surface area (Å²) < 4.78 is 4.65. The second kappa shape index (κ2) is 6.80. The van der Waals surface area contributed by atoms with Gasteiger partial charge in [-0.3, -0.25) is 9.98 Å². The van der Waals surface area contributed by atoms with Gasteiger partial charge < -0.3 is 4.74 Å². The second-order valence-corrected chi connectivity index (χ2v) is 3.08. The number of halogens is 1. The van der Waals surface area contributed by atoms with Crippen LogP contribution in [0.4, 0.5) is 0 Å². The standard InChI is InChI=1S/C9H7N.C3H5NO.ClH/c1-2-6-9-8(4-1)5-3-7-10-9;1-2-5-3-4-1;/h1-7H;3H,1-2H2;1H. The summed E-state index contributed by atoms with van der Waals surface area (Å²) in [5, 5.41) is 1.20. The van der Waals surface area contributed by atoms with Crippen LogP contribution in [0.3, 0.4) is 0 Å². The summed E-state index contributed by atoms with van der Waals surface area (Å²) in [4.78, 5) is 7.92. The van der Waals surface area contributed by atoms with Gasteiger partial charge in [-0.05, 0) is 12.1 Å². The summed E-state index contributed by atoms with van der Waals surface area (Å²) in [5.74, 6) is 0. The van der Waals surface area contributed by atoms with Crippen LogP contribution in [0.5, 0.6) is 0 Å². The minimum atomic E-state index is 0. The molecule has 0 fully saturated rings. The number of hydrogen-bond donors (Lipinski definition) is 0. The summed E-state index contributed by atoms with van der Waals surface area (Å²) in [6.45, 7) is 1.62. The number of ether oxygens (including phenoxy) is 1. The Morgan fingerprint density at radius 3 is 2.50 bits per heavy atom. The molecule has 1 aromatic heterocycles. The number of rotatable bonds is 0. The third-order valence-electron chi connectivity index (χ3n) is 2.00. The molecule has 1 aliphatic rings. The van der Waals surface area contributed by atoms with Crippen LogP contribution in [0.1, 0.15) is 0 Å². The fourth-order valence-corrected chi connectivity index (χ4v) is 1.28. The molecule has 84 valence electrons. The quantitative estimate of drug-likeness (QED) is 0.705. The Balaban J connectivity index is 0.000000183. The predicted molar refractivity (Wildman–Crippen MR) is 68.3 cm³/mol. The lowest BCUT2D eigenvalue weighted by atomic mass is 10.2. The molecule has 0 radical (unpaired) electrons. The van der Waals surface area contributed by atoms with Gasteiger partial charge in [0.1, 0.15) is 6.61 Å². The maximum Gasteiger partial charge on any atom is 0.169 e. The van der Waals surface area contributed by atoms with Crippen LogP contribution in [0.2, 0.25) is 0 Å². The maximum atomic E-state index is 4.65. The highest BCUT2D eigenvalue weighted by molar-refractivity contribution is 5.85. The van der Waals surface area contributed by atoms with Crippen LogP contribution in [0.25, 0.3) is 10.9 Å². The first kappa shape index (κ1) is 12.5. The van der Waals surface area contributed by atoms with Crippen LogP contribution in [-0.2, 0) is 4.74 Å². The van der Waals surface area contributed by atoms with E-state index in [9.17, 15) is 0 Å². The Labute approximate surface area is 101 Å². The van der Waals surface area contributed by atoms with Crippen molar-refractivity contribution in [2.75, 3.05) is 13.2 Å². The zero-order chi connectivity index (χ0) is 10.3. The van der Waals surface area contributed by atoms with E-state index in [1.165, 1.54) is 11.8 Å². The molecule has 0 N–H and O–H groups in total. The monoisotopic (exact) mass is 236 g/mol. The lowest BCUT2D eigenvalue weighted by Crippen LogP contribution is -1.80. The van der Waals surface area contributed by atoms with Crippen molar-refractivity contribution in [1.29, 1.82) is 0 Å². The lowest BCUT2D eigenvalue weighted by Gasteiger charge is -1.91. The van der Waals surface area contributed by atoms with Gasteiger partial charge in [-0.15, -0.1) is 12.4 Å².